The third-order valence-electron chi connectivity index (χ3n) is 3.45. The van der Waals surface area contributed by atoms with Gasteiger partial charge in [-0.3, -0.25) is 4.79 Å². The minimum Gasteiger partial charge on any atom is -0.327 e. The molecule has 0 aromatic heterocycles. The van der Waals surface area contributed by atoms with Crippen LogP contribution in [0.1, 0.15) is 28.3 Å². The molecular weight excluding hydrogens is 236 g/mol. The number of nitrogens with one attached hydrogen (secondary N) is 1. The summed E-state index contributed by atoms with van der Waals surface area (Å²) in [7, 11) is 0. The third-order valence-corrected chi connectivity index (χ3v) is 3.45. The van der Waals surface area contributed by atoms with E-state index in [9.17, 15) is 4.79 Å². The van der Waals surface area contributed by atoms with Crippen molar-refractivity contribution in [3.05, 3.63) is 65.7 Å². The van der Waals surface area contributed by atoms with Gasteiger partial charge in [0.2, 0.25) is 0 Å². The van der Waals surface area contributed by atoms with Crippen LogP contribution in [-0.4, -0.2) is 11.9 Å². The first-order valence-electron chi connectivity index (χ1n) is 6.46. The van der Waals surface area contributed by atoms with Gasteiger partial charge in [0, 0.05) is 23.2 Å². The minimum absolute atomic E-state index is 0.0853. The summed E-state index contributed by atoms with van der Waals surface area (Å²) in [6.45, 7) is 0. The van der Waals surface area contributed by atoms with E-state index in [1.54, 1.807) is 12.1 Å². The fraction of sp³-hybridized carbons (Fsp3) is 0.188. The number of hydrogen-bond donors (Lipinski definition) is 2. The molecule has 0 spiro atoms. The Morgan fingerprint density at radius 1 is 1.11 bits per heavy atom. The summed E-state index contributed by atoms with van der Waals surface area (Å²) < 4.78 is 0. The Kier molecular flexibility index (Phi) is 3.05. The van der Waals surface area contributed by atoms with Gasteiger partial charge in [0.1, 0.15) is 0 Å². The lowest BCUT2D eigenvalue weighted by atomic mass is 10.1. The molecule has 0 radical (unpaired) electrons. The molecule has 3 nitrogen and oxygen atoms in total. The van der Waals surface area contributed by atoms with Gasteiger partial charge in [0.05, 0.1) is 0 Å². The first-order valence-corrected chi connectivity index (χ1v) is 6.46. The third kappa shape index (κ3) is 2.66. The average Bonchev–Trinajstić information content (AvgIpc) is 3.17. The molecule has 1 aliphatic rings. The second-order valence-electron chi connectivity index (χ2n) is 4.95. The summed E-state index contributed by atoms with van der Waals surface area (Å²) in [4.78, 5) is 12.0. The number of benzene rings is 2. The Morgan fingerprint density at radius 2 is 1.84 bits per heavy atom. The Labute approximate surface area is 112 Å². The van der Waals surface area contributed by atoms with Crippen molar-refractivity contribution >= 4 is 11.6 Å². The van der Waals surface area contributed by atoms with Gasteiger partial charge < -0.3 is 11.1 Å². The first-order chi connectivity index (χ1) is 9.24. The van der Waals surface area contributed by atoms with E-state index in [4.69, 9.17) is 5.73 Å². The molecule has 0 saturated heterocycles. The van der Waals surface area contributed by atoms with Crippen LogP contribution in [0.3, 0.4) is 0 Å². The van der Waals surface area contributed by atoms with E-state index >= 15 is 0 Å². The zero-order valence-electron chi connectivity index (χ0n) is 10.5. The van der Waals surface area contributed by atoms with Crippen LogP contribution in [0.15, 0.2) is 54.6 Å². The van der Waals surface area contributed by atoms with Gasteiger partial charge in [0.15, 0.2) is 0 Å². The minimum atomic E-state index is -0.0853. The molecule has 1 aliphatic carbocycles. The molecule has 0 heterocycles. The summed E-state index contributed by atoms with van der Waals surface area (Å²) in [5.74, 6) is 0.367. The number of carbonyl (C=O) groups is 1. The van der Waals surface area contributed by atoms with Crippen molar-refractivity contribution in [2.24, 2.45) is 5.73 Å². The second-order valence-corrected chi connectivity index (χ2v) is 4.95. The molecule has 2 aromatic carbocycles. The Morgan fingerprint density at radius 3 is 2.53 bits per heavy atom. The second kappa shape index (κ2) is 4.86. The topological polar surface area (TPSA) is 55.1 Å². The zero-order valence-corrected chi connectivity index (χ0v) is 10.5. The van der Waals surface area contributed by atoms with Crippen LogP contribution >= 0.6 is 0 Å². The van der Waals surface area contributed by atoms with Crippen LogP contribution in [0.5, 0.6) is 0 Å². The highest BCUT2D eigenvalue weighted by Crippen LogP contribution is 2.39. The fourth-order valence-corrected chi connectivity index (χ4v) is 2.24. The van der Waals surface area contributed by atoms with E-state index < -0.39 is 0 Å². The standard InChI is InChI=1S/C16H16N2O/c17-15-10-14(15)12-7-4-8-13(9-12)18-16(19)11-5-2-1-3-6-11/h1-9,14-15H,10,17H2,(H,18,19)/t14-,15-/m0/s1. The number of hydrogen-bond acceptors (Lipinski definition) is 2. The predicted octanol–water partition coefficient (Wildman–Crippen LogP) is 2.75. The van der Waals surface area contributed by atoms with Crippen molar-refractivity contribution in [2.45, 2.75) is 18.4 Å². The van der Waals surface area contributed by atoms with Gasteiger partial charge in [-0.15, -0.1) is 0 Å². The summed E-state index contributed by atoms with van der Waals surface area (Å²) in [6.07, 6.45) is 1.04. The number of rotatable bonds is 3. The smallest absolute Gasteiger partial charge is 0.255 e. The summed E-state index contributed by atoms with van der Waals surface area (Å²) in [5.41, 5.74) is 8.55. The van der Waals surface area contributed by atoms with Crippen LogP contribution in [-0.2, 0) is 0 Å². The molecular formula is C16H16N2O. The van der Waals surface area contributed by atoms with Gasteiger partial charge in [-0.05, 0) is 36.2 Å². The average molecular weight is 252 g/mol. The maximum Gasteiger partial charge on any atom is 0.255 e. The molecule has 1 saturated carbocycles. The van der Waals surface area contributed by atoms with Crippen molar-refractivity contribution in [3.8, 4) is 0 Å². The predicted molar refractivity (Wildman–Crippen MR) is 76.2 cm³/mol. The van der Waals surface area contributed by atoms with Crippen molar-refractivity contribution in [1.29, 1.82) is 0 Å². The zero-order chi connectivity index (χ0) is 13.2. The number of amides is 1. The highest BCUT2D eigenvalue weighted by molar-refractivity contribution is 6.04. The van der Waals surface area contributed by atoms with Crippen LogP contribution in [0.4, 0.5) is 5.69 Å². The van der Waals surface area contributed by atoms with E-state index in [1.165, 1.54) is 5.56 Å². The number of carbonyl (C=O) groups excluding carboxylic acids is 1. The lowest BCUT2D eigenvalue weighted by Gasteiger charge is -2.07. The lowest BCUT2D eigenvalue weighted by molar-refractivity contribution is 0.102. The van der Waals surface area contributed by atoms with E-state index in [2.05, 4.69) is 11.4 Å². The van der Waals surface area contributed by atoms with Crippen molar-refractivity contribution in [2.75, 3.05) is 5.32 Å². The van der Waals surface area contributed by atoms with E-state index in [0.29, 0.717) is 11.5 Å². The van der Waals surface area contributed by atoms with E-state index in [0.717, 1.165) is 12.1 Å². The van der Waals surface area contributed by atoms with E-state index in [1.807, 2.05) is 36.4 Å². The highest BCUT2D eigenvalue weighted by atomic mass is 16.1. The molecule has 0 aliphatic heterocycles. The van der Waals surface area contributed by atoms with Gasteiger partial charge in [-0.25, -0.2) is 0 Å². The molecule has 0 unspecified atom stereocenters. The summed E-state index contributed by atoms with van der Waals surface area (Å²) in [5, 5.41) is 2.92. The summed E-state index contributed by atoms with van der Waals surface area (Å²) >= 11 is 0. The van der Waals surface area contributed by atoms with Crippen molar-refractivity contribution in [3.63, 3.8) is 0 Å². The summed E-state index contributed by atoms with van der Waals surface area (Å²) in [6, 6.07) is 17.4. The quantitative estimate of drug-likeness (QED) is 0.882. The molecule has 96 valence electrons. The Hall–Kier alpha value is -2.13. The number of anilines is 1. The van der Waals surface area contributed by atoms with Crippen LogP contribution in [0.25, 0.3) is 0 Å². The molecule has 3 heteroatoms. The molecule has 3 rings (SSSR count). The fourth-order valence-electron chi connectivity index (χ4n) is 2.24. The molecule has 1 fully saturated rings. The molecule has 0 bridgehead atoms. The Bertz CT molecular complexity index is 595. The molecule has 2 aromatic rings. The molecule has 1 amide bonds. The van der Waals surface area contributed by atoms with Gasteiger partial charge in [-0.2, -0.15) is 0 Å². The normalized spacial score (nSPS) is 20.9. The van der Waals surface area contributed by atoms with Gasteiger partial charge in [-0.1, -0.05) is 30.3 Å². The number of nitrogens with two attached hydrogens (primary N) is 1. The monoisotopic (exact) mass is 252 g/mol. The van der Waals surface area contributed by atoms with Crippen LogP contribution < -0.4 is 11.1 Å². The SMILES string of the molecule is N[C@H]1C[C@H]1c1cccc(NC(=O)c2ccccc2)c1. The maximum atomic E-state index is 12.0. The van der Waals surface area contributed by atoms with Gasteiger partial charge >= 0.3 is 0 Å². The highest BCUT2D eigenvalue weighted by Gasteiger charge is 2.34. The van der Waals surface area contributed by atoms with Crippen LogP contribution in [0.2, 0.25) is 0 Å². The van der Waals surface area contributed by atoms with E-state index in [-0.39, 0.29) is 11.9 Å². The van der Waals surface area contributed by atoms with Crippen LogP contribution in [0, 0.1) is 0 Å². The largest absolute Gasteiger partial charge is 0.327 e. The molecule has 19 heavy (non-hydrogen) atoms. The molecule has 2 atom stereocenters. The lowest BCUT2D eigenvalue weighted by Crippen LogP contribution is -2.11. The Balaban J connectivity index is 1.75. The van der Waals surface area contributed by atoms with Crippen molar-refractivity contribution < 1.29 is 4.79 Å². The molecule has 3 N–H and O–H groups in total. The maximum absolute atomic E-state index is 12.0. The van der Waals surface area contributed by atoms with Crippen molar-refractivity contribution in [1.82, 2.24) is 0 Å². The first kappa shape index (κ1) is 11.9. The van der Waals surface area contributed by atoms with Gasteiger partial charge in [0.25, 0.3) is 5.91 Å².